The van der Waals surface area contributed by atoms with Crippen LogP contribution >= 0.6 is 22.7 Å². The number of amides is 1. The van der Waals surface area contributed by atoms with Gasteiger partial charge in [-0.25, -0.2) is 4.98 Å². The van der Waals surface area contributed by atoms with Gasteiger partial charge in [-0.2, -0.15) is 0 Å². The zero-order valence-corrected chi connectivity index (χ0v) is 15.5. The quantitative estimate of drug-likeness (QED) is 0.879. The van der Waals surface area contributed by atoms with Crippen LogP contribution in [0.5, 0.6) is 0 Å². The molecule has 0 saturated carbocycles. The number of thiophene rings is 1. The van der Waals surface area contributed by atoms with Crippen LogP contribution in [-0.2, 0) is 6.42 Å². The molecular weight excluding hydrogens is 326 g/mol. The van der Waals surface area contributed by atoms with Crippen LogP contribution in [0.4, 0.5) is 5.69 Å². The number of anilines is 1. The number of nitrogens with one attached hydrogen (secondary N) is 2. The fraction of sp³-hybridized carbons (Fsp3) is 0.529. The molecule has 1 aliphatic heterocycles. The molecular formula is C17H23N3OS2. The number of aryl methyl sites for hydroxylation is 3. The van der Waals surface area contributed by atoms with Gasteiger partial charge in [0.2, 0.25) is 0 Å². The van der Waals surface area contributed by atoms with Gasteiger partial charge in [-0.3, -0.25) is 4.79 Å². The van der Waals surface area contributed by atoms with Crippen molar-refractivity contribution in [2.24, 2.45) is 5.92 Å². The highest BCUT2D eigenvalue weighted by atomic mass is 32.1. The highest BCUT2D eigenvalue weighted by Gasteiger charge is 2.20. The zero-order valence-electron chi connectivity index (χ0n) is 13.9. The first-order chi connectivity index (χ1) is 11.0. The van der Waals surface area contributed by atoms with Gasteiger partial charge in [0.05, 0.1) is 16.4 Å². The summed E-state index contributed by atoms with van der Waals surface area (Å²) < 4.78 is 0. The van der Waals surface area contributed by atoms with Gasteiger partial charge in [0.15, 0.2) is 0 Å². The third kappa shape index (κ3) is 4.00. The molecule has 6 heteroatoms. The van der Waals surface area contributed by atoms with Crippen molar-refractivity contribution < 1.29 is 4.79 Å². The number of piperidine rings is 1. The maximum absolute atomic E-state index is 12.6. The minimum atomic E-state index is -0.0301. The summed E-state index contributed by atoms with van der Waals surface area (Å²) in [6.45, 7) is 8.22. The van der Waals surface area contributed by atoms with Crippen molar-refractivity contribution in [3.05, 3.63) is 31.4 Å². The Kier molecular flexibility index (Phi) is 5.14. The summed E-state index contributed by atoms with van der Waals surface area (Å²) in [6.07, 6.45) is 3.40. The van der Waals surface area contributed by atoms with Crippen molar-refractivity contribution in [3.8, 4) is 0 Å². The Morgan fingerprint density at radius 3 is 2.70 bits per heavy atom. The summed E-state index contributed by atoms with van der Waals surface area (Å²) in [5.74, 6) is 0.664. The second-order valence-corrected chi connectivity index (χ2v) is 8.74. The molecule has 0 unspecified atom stereocenters. The predicted octanol–water partition coefficient (Wildman–Crippen LogP) is 3.92. The predicted molar refractivity (Wildman–Crippen MR) is 97.9 cm³/mol. The van der Waals surface area contributed by atoms with Crippen LogP contribution in [-0.4, -0.2) is 24.0 Å². The number of carbonyl (C=O) groups is 1. The normalized spacial score (nSPS) is 15.8. The Morgan fingerprint density at radius 1 is 1.30 bits per heavy atom. The van der Waals surface area contributed by atoms with Gasteiger partial charge in [-0.15, -0.1) is 22.7 Å². The van der Waals surface area contributed by atoms with Gasteiger partial charge in [0.25, 0.3) is 5.91 Å². The van der Waals surface area contributed by atoms with E-state index in [1.54, 1.807) is 22.7 Å². The molecule has 0 bridgehead atoms. The zero-order chi connectivity index (χ0) is 16.4. The molecule has 2 aromatic heterocycles. The summed E-state index contributed by atoms with van der Waals surface area (Å²) >= 11 is 3.26. The van der Waals surface area contributed by atoms with E-state index in [9.17, 15) is 4.79 Å². The Hall–Kier alpha value is -1.24. The van der Waals surface area contributed by atoms with Crippen LogP contribution in [0.3, 0.4) is 0 Å². The lowest BCUT2D eigenvalue weighted by atomic mass is 9.95. The molecule has 1 saturated heterocycles. The second kappa shape index (κ2) is 7.11. The van der Waals surface area contributed by atoms with E-state index in [-0.39, 0.29) is 5.91 Å². The first kappa shape index (κ1) is 16.6. The third-order valence-corrected chi connectivity index (χ3v) is 6.40. The van der Waals surface area contributed by atoms with Crippen molar-refractivity contribution in [3.63, 3.8) is 0 Å². The maximum Gasteiger partial charge on any atom is 0.267 e. The van der Waals surface area contributed by atoms with Crippen LogP contribution in [0.2, 0.25) is 0 Å². The molecule has 3 heterocycles. The summed E-state index contributed by atoms with van der Waals surface area (Å²) in [7, 11) is 0. The fourth-order valence-electron chi connectivity index (χ4n) is 3.02. The molecule has 1 fully saturated rings. The summed E-state index contributed by atoms with van der Waals surface area (Å²) in [4.78, 5) is 20.3. The third-order valence-electron chi connectivity index (χ3n) is 4.26. The standard InChI is InChI=1S/C17H23N3OS2/c1-10-8-14(12(3)22-10)20-17(21)16-11(2)19-15(23-16)9-13-4-6-18-7-5-13/h8,13,18H,4-7,9H2,1-3H3,(H,20,21). The highest BCUT2D eigenvalue weighted by Crippen LogP contribution is 2.28. The smallest absolute Gasteiger partial charge is 0.267 e. The average Bonchev–Trinajstić information content (AvgIpc) is 3.02. The molecule has 3 rings (SSSR count). The minimum absolute atomic E-state index is 0.0301. The SMILES string of the molecule is Cc1cc(NC(=O)c2sc(CC3CCNCC3)nc2C)c(C)s1. The number of carbonyl (C=O) groups excluding carboxylic acids is 1. The highest BCUT2D eigenvalue weighted by molar-refractivity contribution is 7.14. The molecule has 2 N–H and O–H groups in total. The number of hydrogen-bond acceptors (Lipinski definition) is 5. The lowest BCUT2D eigenvalue weighted by Crippen LogP contribution is -2.28. The number of nitrogens with zero attached hydrogens (tertiary/aromatic N) is 1. The number of rotatable bonds is 4. The van der Waals surface area contributed by atoms with Crippen molar-refractivity contribution in [2.45, 2.75) is 40.0 Å². The van der Waals surface area contributed by atoms with E-state index >= 15 is 0 Å². The Labute approximate surface area is 145 Å². The number of aromatic nitrogens is 1. The van der Waals surface area contributed by atoms with Gasteiger partial charge in [0, 0.05) is 16.2 Å². The monoisotopic (exact) mass is 349 g/mol. The minimum Gasteiger partial charge on any atom is -0.320 e. The van der Waals surface area contributed by atoms with Gasteiger partial charge in [0.1, 0.15) is 4.88 Å². The lowest BCUT2D eigenvalue weighted by molar-refractivity contribution is 0.103. The topological polar surface area (TPSA) is 54.0 Å². The van der Waals surface area contributed by atoms with Crippen LogP contribution in [0, 0.1) is 26.7 Å². The van der Waals surface area contributed by atoms with E-state index in [2.05, 4.69) is 22.5 Å². The van der Waals surface area contributed by atoms with Gasteiger partial charge in [-0.1, -0.05) is 0 Å². The molecule has 0 spiro atoms. The maximum atomic E-state index is 12.6. The van der Waals surface area contributed by atoms with E-state index in [1.807, 2.05) is 19.9 Å². The molecule has 0 atom stereocenters. The fourth-order valence-corrected chi connectivity index (χ4v) is 4.97. The molecule has 1 aliphatic rings. The summed E-state index contributed by atoms with van der Waals surface area (Å²) in [5.41, 5.74) is 1.77. The summed E-state index contributed by atoms with van der Waals surface area (Å²) in [6, 6.07) is 2.03. The van der Waals surface area contributed by atoms with Crippen LogP contribution in [0.1, 0.15) is 43.0 Å². The molecule has 23 heavy (non-hydrogen) atoms. The Bertz CT molecular complexity index is 699. The van der Waals surface area contributed by atoms with Gasteiger partial charge < -0.3 is 10.6 Å². The molecule has 1 amide bonds. The largest absolute Gasteiger partial charge is 0.320 e. The summed E-state index contributed by atoms with van der Waals surface area (Å²) in [5, 5.41) is 7.52. The molecule has 4 nitrogen and oxygen atoms in total. The number of thiazole rings is 1. The second-order valence-electron chi connectivity index (χ2n) is 6.20. The van der Waals surface area contributed by atoms with Crippen molar-refractivity contribution in [1.29, 1.82) is 0 Å². The Balaban J connectivity index is 1.69. The van der Waals surface area contributed by atoms with Gasteiger partial charge >= 0.3 is 0 Å². The first-order valence-electron chi connectivity index (χ1n) is 8.08. The van der Waals surface area contributed by atoms with Crippen molar-refractivity contribution >= 4 is 34.3 Å². The van der Waals surface area contributed by atoms with Crippen molar-refractivity contribution in [2.75, 3.05) is 18.4 Å². The van der Waals surface area contributed by atoms with Crippen molar-refractivity contribution in [1.82, 2.24) is 10.3 Å². The van der Waals surface area contributed by atoms with E-state index < -0.39 is 0 Å². The van der Waals surface area contributed by atoms with Crippen LogP contribution in [0.25, 0.3) is 0 Å². The Morgan fingerprint density at radius 2 is 2.04 bits per heavy atom. The molecule has 2 aromatic rings. The van der Waals surface area contributed by atoms with Gasteiger partial charge in [-0.05, 0) is 58.7 Å². The molecule has 124 valence electrons. The van der Waals surface area contributed by atoms with E-state index in [0.29, 0.717) is 5.92 Å². The van der Waals surface area contributed by atoms with Crippen LogP contribution in [0.15, 0.2) is 6.07 Å². The van der Waals surface area contributed by atoms with E-state index in [0.717, 1.165) is 45.7 Å². The molecule has 0 aromatic carbocycles. The molecule has 0 radical (unpaired) electrons. The molecule has 0 aliphatic carbocycles. The number of hydrogen-bond donors (Lipinski definition) is 2. The first-order valence-corrected chi connectivity index (χ1v) is 9.71. The van der Waals surface area contributed by atoms with E-state index in [1.165, 1.54) is 17.7 Å². The average molecular weight is 350 g/mol. The lowest BCUT2D eigenvalue weighted by Gasteiger charge is -2.21. The van der Waals surface area contributed by atoms with Crippen LogP contribution < -0.4 is 10.6 Å². The van der Waals surface area contributed by atoms with E-state index in [4.69, 9.17) is 0 Å².